The van der Waals surface area contributed by atoms with Gasteiger partial charge in [-0.25, -0.2) is 0 Å². The van der Waals surface area contributed by atoms with E-state index in [0.717, 1.165) is 28.3 Å². The van der Waals surface area contributed by atoms with Gasteiger partial charge in [0.1, 0.15) is 17.6 Å². The van der Waals surface area contributed by atoms with Crippen LogP contribution < -0.4 is 9.47 Å². The van der Waals surface area contributed by atoms with Gasteiger partial charge >= 0.3 is 0 Å². The van der Waals surface area contributed by atoms with Crippen molar-refractivity contribution in [2.75, 3.05) is 14.2 Å². The summed E-state index contributed by atoms with van der Waals surface area (Å²) in [6, 6.07) is 17.3. The molecule has 0 radical (unpaired) electrons. The predicted molar refractivity (Wildman–Crippen MR) is 108 cm³/mol. The molecule has 152 valence electrons. The van der Waals surface area contributed by atoms with Crippen LogP contribution in [0.1, 0.15) is 17.4 Å². The van der Waals surface area contributed by atoms with Crippen LogP contribution in [0.4, 0.5) is 0 Å². The van der Waals surface area contributed by atoms with Crippen LogP contribution in [-0.2, 0) is 17.9 Å². The molecule has 5 rings (SSSR count). The lowest BCUT2D eigenvalue weighted by molar-refractivity contribution is -0.00115. The van der Waals surface area contributed by atoms with Gasteiger partial charge in [0.2, 0.25) is 5.82 Å². The number of hydrogen-bond acceptors (Lipinski definition) is 7. The summed E-state index contributed by atoms with van der Waals surface area (Å²) in [5.41, 5.74) is 3.53. The van der Waals surface area contributed by atoms with Gasteiger partial charge in [0.25, 0.3) is 5.89 Å². The molecule has 30 heavy (non-hydrogen) atoms. The van der Waals surface area contributed by atoms with Crippen molar-refractivity contribution in [2.45, 2.75) is 19.3 Å². The SMILES string of the molecule is COc1ccc(-c2noc(-c3cc4n(n3)C[C@H](c3ccc(OC)cc3)OC4)n2)cc1. The van der Waals surface area contributed by atoms with Gasteiger partial charge in [0, 0.05) is 5.56 Å². The minimum absolute atomic E-state index is 0.0753. The molecular weight excluding hydrogens is 384 g/mol. The fourth-order valence-electron chi connectivity index (χ4n) is 3.44. The van der Waals surface area contributed by atoms with Crippen molar-refractivity contribution < 1.29 is 18.7 Å². The van der Waals surface area contributed by atoms with Crippen LogP contribution in [-0.4, -0.2) is 34.1 Å². The van der Waals surface area contributed by atoms with E-state index in [4.69, 9.17) is 18.7 Å². The normalized spacial score (nSPS) is 15.6. The summed E-state index contributed by atoms with van der Waals surface area (Å²) < 4.78 is 23.8. The molecule has 0 unspecified atom stereocenters. The lowest BCUT2D eigenvalue weighted by atomic mass is 10.1. The Labute approximate surface area is 173 Å². The second-order valence-electron chi connectivity index (χ2n) is 6.93. The zero-order valence-electron chi connectivity index (χ0n) is 16.6. The van der Waals surface area contributed by atoms with E-state index in [-0.39, 0.29) is 6.10 Å². The highest BCUT2D eigenvalue weighted by Crippen LogP contribution is 2.30. The molecule has 0 N–H and O–H groups in total. The molecule has 0 spiro atoms. The predicted octanol–water partition coefficient (Wildman–Crippen LogP) is 3.89. The minimum Gasteiger partial charge on any atom is -0.497 e. The molecule has 2 aromatic heterocycles. The lowest BCUT2D eigenvalue weighted by Crippen LogP contribution is -2.21. The van der Waals surface area contributed by atoms with Gasteiger partial charge < -0.3 is 18.7 Å². The molecule has 0 aliphatic carbocycles. The minimum atomic E-state index is -0.0753. The van der Waals surface area contributed by atoms with Crippen molar-refractivity contribution in [3.8, 4) is 34.5 Å². The van der Waals surface area contributed by atoms with Crippen molar-refractivity contribution in [1.82, 2.24) is 19.9 Å². The summed E-state index contributed by atoms with van der Waals surface area (Å²) in [5.74, 6) is 2.48. The molecule has 0 amide bonds. The fourth-order valence-corrected chi connectivity index (χ4v) is 3.44. The summed E-state index contributed by atoms with van der Waals surface area (Å²) in [4.78, 5) is 4.50. The monoisotopic (exact) mass is 404 g/mol. The first-order valence-corrected chi connectivity index (χ1v) is 9.54. The van der Waals surface area contributed by atoms with Crippen molar-refractivity contribution in [1.29, 1.82) is 0 Å². The molecule has 4 aromatic rings. The molecule has 1 aliphatic rings. The third-order valence-electron chi connectivity index (χ3n) is 5.12. The highest BCUT2D eigenvalue weighted by molar-refractivity contribution is 5.59. The Bertz CT molecular complexity index is 1150. The van der Waals surface area contributed by atoms with Gasteiger partial charge in [-0.3, -0.25) is 4.68 Å². The topological polar surface area (TPSA) is 84.4 Å². The van der Waals surface area contributed by atoms with E-state index in [9.17, 15) is 0 Å². The Morgan fingerprint density at radius 3 is 2.37 bits per heavy atom. The first-order valence-electron chi connectivity index (χ1n) is 9.54. The quantitative estimate of drug-likeness (QED) is 0.499. The highest BCUT2D eigenvalue weighted by Gasteiger charge is 2.24. The van der Waals surface area contributed by atoms with E-state index in [1.807, 2.05) is 59.3 Å². The number of fused-ring (bicyclic) bond motifs is 1. The third-order valence-corrected chi connectivity index (χ3v) is 5.12. The Morgan fingerprint density at radius 1 is 0.967 bits per heavy atom. The van der Waals surface area contributed by atoms with Crippen molar-refractivity contribution in [3.05, 3.63) is 65.9 Å². The Balaban J connectivity index is 1.35. The number of rotatable bonds is 5. The van der Waals surface area contributed by atoms with Crippen LogP contribution >= 0.6 is 0 Å². The van der Waals surface area contributed by atoms with Gasteiger partial charge in [-0.05, 0) is 48.0 Å². The number of ether oxygens (including phenoxy) is 3. The van der Waals surface area contributed by atoms with Crippen LogP contribution in [0.15, 0.2) is 59.1 Å². The highest BCUT2D eigenvalue weighted by atomic mass is 16.5. The van der Waals surface area contributed by atoms with Gasteiger partial charge in [-0.2, -0.15) is 10.1 Å². The number of nitrogens with zero attached hydrogens (tertiary/aromatic N) is 4. The molecule has 1 aliphatic heterocycles. The first-order chi connectivity index (χ1) is 14.7. The van der Waals surface area contributed by atoms with E-state index in [0.29, 0.717) is 30.6 Å². The summed E-state index contributed by atoms with van der Waals surface area (Å²) in [7, 11) is 3.28. The number of hydrogen-bond donors (Lipinski definition) is 0. The van der Waals surface area contributed by atoms with Crippen LogP contribution in [0.3, 0.4) is 0 Å². The van der Waals surface area contributed by atoms with Gasteiger partial charge in [0.05, 0.1) is 33.1 Å². The van der Waals surface area contributed by atoms with E-state index >= 15 is 0 Å². The maximum atomic E-state index is 6.03. The summed E-state index contributed by atoms with van der Waals surface area (Å²) in [6.07, 6.45) is -0.0753. The van der Waals surface area contributed by atoms with E-state index in [1.165, 1.54) is 0 Å². The Hall–Kier alpha value is -3.65. The molecule has 2 aromatic carbocycles. The third kappa shape index (κ3) is 3.42. The molecule has 0 saturated heterocycles. The molecule has 3 heterocycles. The average Bonchev–Trinajstić information content (AvgIpc) is 3.46. The number of methoxy groups -OCH3 is 2. The van der Waals surface area contributed by atoms with E-state index in [1.54, 1.807) is 14.2 Å². The summed E-state index contributed by atoms with van der Waals surface area (Å²) in [6.45, 7) is 1.07. The molecule has 0 fully saturated rings. The molecule has 0 bridgehead atoms. The van der Waals surface area contributed by atoms with Crippen LogP contribution in [0.25, 0.3) is 23.0 Å². The smallest absolute Gasteiger partial charge is 0.278 e. The maximum Gasteiger partial charge on any atom is 0.278 e. The zero-order valence-corrected chi connectivity index (χ0v) is 16.6. The van der Waals surface area contributed by atoms with Crippen LogP contribution in [0.2, 0.25) is 0 Å². The second kappa shape index (κ2) is 7.64. The largest absolute Gasteiger partial charge is 0.497 e. The van der Waals surface area contributed by atoms with Crippen molar-refractivity contribution in [2.24, 2.45) is 0 Å². The molecule has 0 saturated carbocycles. The van der Waals surface area contributed by atoms with E-state index < -0.39 is 0 Å². The molecule has 8 heteroatoms. The molecular formula is C22H20N4O4. The molecule has 8 nitrogen and oxygen atoms in total. The standard InChI is InChI=1S/C22H20N4O4/c1-27-17-7-3-14(4-8-17)20-12-26-16(13-29-20)11-19(24-26)22-23-21(25-30-22)15-5-9-18(28-2)10-6-15/h3-11,20H,12-13H2,1-2H3/t20-/m1/s1. The Kier molecular flexibility index (Phi) is 4.68. The van der Waals surface area contributed by atoms with Crippen molar-refractivity contribution >= 4 is 0 Å². The van der Waals surface area contributed by atoms with Crippen LogP contribution in [0, 0.1) is 0 Å². The second-order valence-corrected chi connectivity index (χ2v) is 6.93. The fraction of sp³-hybridized carbons (Fsp3) is 0.227. The first kappa shape index (κ1) is 18.4. The van der Waals surface area contributed by atoms with Gasteiger partial charge in [0.15, 0.2) is 5.69 Å². The lowest BCUT2D eigenvalue weighted by Gasteiger charge is -2.24. The summed E-state index contributed by atoms with van der Waals surface area (Å²) in [5, 5.41) is 8.74. The average molecular weight is 404 g/mol. The van der Waals surface area contributed by atoms with Crippen LogP contribution in [0.5, 0.6) is 11.5 Å². The molecule has 1 atom stereocenters. The zero-order chi connectivity index (χ0) is 20.5. The number of benzene rings is 2. The Morgan fingerprint density at radius 2 is 1.67 bits per heavy atom. The van der Waals surface area contributed by atoms with E-state index in [2.05, 4.69) is 15.2 Å². The maximum absolute atomic E-state index is 6.03. The van der Waals surface area contributed by atoms with Gasteiger partial charge in [-0.1, -0.05) is 17.3 Å². The number of aromatic nitrogens is 4. The van der Waals surface area contributed by atoms with Gasteiger partial charge in [-0.15, -0.1) is 0 Å². The van der Waals surface area contributed by atoms with Crippen molar-refractivity contribution in [3.63, 3.8) is 0 Å². The summed E-state index contributed by atoms with van der Waals surface area (Å²) >= 11 is 0.